The molecule has 5 heterocycles. The number of ether oxygens (including phenoxy) is 3. The van der Waals surface area contributed by atoms with Gasteiger partial charge in [0.1, 0.15) is 29.4 Å². The second kappa shape index (κ2) is 13.8. The number of aromatic nitrogens is 3. The predicted molar refractivity (Wildman–Crippen MR) is 171 cm³/mol. The maximum Gasteiger partial charge on any atom is 0.301 e. The van der Waals surface area contributed by atoms with Crippen molar-refractivity contribution in [3.63, 3.8) is 0 Å². The molecule has 0 saturated carbocycles. The Hall–Kier alpha value is -4.65. The second-order valence-electron chi connectivity index (χ2n) is 12.3. The van der Waals surface area contributed by atoms with Crippen molar-refractivity contribution < 1.29 is 32.9 Å². The number of hydrogen-bond donors (Lipinski definition) is 2. The standard InChI is InChI=1S/C33H38F2N8O5/c1-20-16-41(12-13-43(20)24-17-47-18-24)26-5-7-29(39-30(26)46-3)40-32-37-10-8-25(38-32)22-4-6-27(23(14-22)15-36)48-28-9-11-42(19-33(28,34)35)31(45)21(2)44/h4-8,10,14,20-21,24,28,44H,9,11-13,16-19H2,1-3H3,(H,37,38,39,40)/t20-,21+,28?/m0/s1. The number of benzene rings is 1. The van der Waals surface area contributed by atoms with E-state index in [9.17, 15) is 23.9 Å². The van der Waals surface area contributed by atoms with Crippen molar-refractivity contribution in [3.05, 3.63) is 48.2 Å². The van der Waals surface area contributed by atoms with Crippen molar-refractivity contribution >= 4 is 23.4 Å². The van der Waals surface area contributed by atoms with Gasteiger partial charge in [-0.15, -0.1) is 0 Å². The van der Waals surface area contributed by atoms with E-state index >= 15 is 0 Å². The minimum absolute atomic E-state index is 0.00196. The molecule has 254 valence electrons. The Balaban J connectivity index is 1.13. The monoisotopic (exact) mass is 664 g/mol. The van der Waals surface area contributed by atoms with Gasteiger partial charge in [0.05, 0.1) is 44.2 Å². The number of anilines is 3. The number of piperidine rings is 1. The first-order valence-corrected chi connectivity index (χ1v) is 15.9. The van der Waals surface area contributed by atoms with Crippen LogP contribution in [0.15, 0.2) is 42.6 Å². The summed E-state index contributed by atoms with van der Waals surface area (Å²) in [7, 11) is 1.58. The number of amides is 1. The summed E-state index contributed by atoms with van der Waals surface area (Å²) in [6.07, 6.45) is -1.52. The maximum atomic E-state index is 14.9. The normalized spacial score (nSPS) is 21.9. The van der Waals surface area contributed by atoms with Crippen molar-refractivity contribution in [2.45, 2.75) is 50.5 Å². The first kappa shape index (κ1) is 33.3. The van der Waals surface area contributed by atoms with E-state index in [1.54, 1.807) is 25.4 Å². The number of nitrogens with zero attached hydrogens (tertiary/aromatic N) is 7. The Morgan fingerprint density at radius 2 is 2.00 bits per heavy atom. The molecule has 48 heavy (non-hydrogen) atoms. The van der Waals surface area contributed by atoms with Gasteiger partial charge in [0.2, 0.25) is 11.8 Å². The van der Waals surface area contributed by atoms with E-state index in [0.717, 1.165) is 43.4 Å². The zero-order chi connectivity index (χ0) is 34.0. The van der Waals surface area contributed by atoms with Gasteiger partial charge >= 0.3 is 5.92 Å². The summed E-state index contributed by atoms with van der Waals surface area (Å²) in [4.78, 5) is 31.3. The Morgan fingerprint density at radius 3 is 2.67 bits per heavy atom. The highest BCUT2D eigenvalue weighted by Gasteiger charge is 2.48. The summed E-state index contributed by atoms with van der Waals surface area (Å²) in [6, 6.07) is 12.9. The number of rotatable bonds is 9. The molecule has 1 unspecified atom stereocenters. The summed E-state index contributed by atoms with van der Waals surface area (Å²) in [5.41, 5.74) is 1.99. The fourth-order valence-electron chi connectivity index (χ4n) is 6.29. The summed E-state index contributed by atoms with van der Waals surface area (Å²) < 4.78 is 46.5. The number of nitrogens with one attached hydrogen (secondary N) is 1. The van der Waals surface area contributed by atoms with E-state index < -0.39 is 30.6 Å². The van der Waals surface area contributed by atoms with Gasteiger partial charge in [-0.2, -0.15) is 10.2 Å². The van der Waals surface area contributed by atoms with Crippen molar-refractivity contribution in [2.75, 3.05) is 63.3 Å². The van der Waals surface area contributed by atoms with Crippen LogP contribution in [0.4, 0.5) is 26.2 Å². The Bertz CT molecular complexity index is 1680. The lowest BCUT2D eigenvalue weighted by Gasteiger charge is -2.47. The minimum atomic E-state index is -3.38. The smallest absolute Gasteiger partial charge is 0.301 e. The second-order valence-corrected chi connectivity index (χ2v) is 12.3. The van der Waals surface area contributed by atoms with Crippen molar-refractivity contribution in [2.24, 2.45) is 0 Å². The number of carbonyl (C=O) groups is 1. The molecule has 3 aliphatic rings. The molecule has 1 aromatic carbocycles. The molecule has 0 radical (unpaired) electrons. The van der Waals surface area contributed by atoms with Crippen LogP contribution in [0.25, 0.3) is 11.3 Å². The number of aliphatic hydroxyl groups excluding tert-OH is 1. The minimum Gasteiger partial charge on any atom is -0.483 e. The SMILES string of the molecule is COc1nc(Nc2nccc(-c3ccc(OC4CCN(C(=O)[C@@H](C)O)CC4(F)F)c(C#N)c3)n2)ccc1N1CCN(C2COC2)[C@@H](C)C1. The molecular weight excluding hydrogens is 626 g/mol. The van der Waals surface area contributed by atoms with Crippen LogP contribution in [0.1, 0.15) is 25.8 Å². The highest BCUT2D eigenvalue weighted by Crippen LogP contribution is 2.35. The Morgan fingerprint density at radius 1 is 1.19 bits per heavy atom. The van der Waals surface area contributed by atoms with E-state index in [0.29, 0.717) is 35.0 Å². The highest BCUT2D eigenvalue weighted by molar-refractivity contribution is 5.80. The number of pyridine rings is 1. The van der Waals surface area contributed by atoms with Crippen LogP contribution >= 0.6 is 0 Å². The third-order valence-electron chi connectivity index (χ3n) is 8.91. The summed E-state index contributed by atoms with van der Waals surface area (Å²) in [5.74, 6) is -2.93. The van der Waals surface area contributed by atoms with Gasteiger partial charge in [0.25, 0.3) is 5.91 Å². The lowest BCUT2D eigenvalue weighted by Crippen LogP contribution is -2.60. The molecule has 3 atom stereocenters. The number of hydrogen-bond acceptors (Lipinski definition) is 12. The third kappa shape index (κ3) is 6.96. The van der Waals surface area contributed by atoms with Crippen molar-refractivity contribution in [1.82, 2.24) is 24.8 Å². The number of likely N-dealkylation sites (tertiary alicyclic amines) is 1. The molecule has 15 heteroatoms. The average Bonchev–Trinajstić information content (AvgIpc) is 3.05. The molecule has 2 aromatic heterocycles. The van der Waals surface area contributed by atoms with Crippen LogP contribution in [0, 0.1) is 11.3 Å². The lowest BCUT2D eigenvalue weighted by atomic mass is 10.0. The predicted octanol–water partition coefficient (Wildman–Crippen LogP) is 3.07. The first-order chi connectivity index (χ1) is 23.1. The molecule has 6 rings (SSSR count). The molecule has 2 N–H and O–H groups in total. The number of piperazine rings is 1. The van der Waals surface area contributed by atoms with Crippen LogP contribution < -0.4 is 19.7 Å². The van der Waals surface area contributed by atoms with Crippen LogP contribution in [0.3, 0.4) is 0 Å². The van der Waals surface area contributed by atoms with E-state index in [1.165, 1.54) is 19.1 Å². The van der Waals surface area contributed by atoms with Crippen molar-refractivity contribution in [3.8, 4) is 29.0 Å². The van der Waals surface area contributed by atoms with Gasteiger partial charge in [-0.05, 0) is 50.2 Å². The fraction of sp³-hybridized carbons (Fsp3) is 0.485. The number of aliphatic hydroxyl groups is 1. The first-order valence-electron chi connectivity index (χ1n) is 15.9. The third-order valence-corrected chi connectivity index (χ3v) is 8.91. The van der Waals surface area contributed by atoms with E-state index in [4.69, 9.17) is 14.2 Å². The largest absolute Gasteiger partial charge is 0.483 e. The van der Waals surface area contributed by atoms with E-state index in [-0.39, 0.29) is 30.2 Å². The highest BCUT2D eigenvalue weighted by atomic mass is 19.3. The Kier molecular flexibility index (Phi) is 9.58. The number of nitriles is 1. The zero-order valence-electron chi connectivity index (χ0n) is 27.0. The number of methoxy groups -OCH3 is 1. The molecule has 3 aromatic rings. The molecule has 0 aliphatic carbocycles. The van der Waals surface area contributed by atoms with E-state index in [2.05, 4.69) is 37.0 Å². The molecule has 3 saturated heterocycles. The number of alkyl halides is 2. The fourth-order valence-corrected chi connectivity index (χ4v) is 6.29. The molecule has 3 fully saturated rings. The lowest BCUT2D eigenvalue weighted by molar-refractivity contribution is -0.165. The quantitative estimate of drug-likeness (QED) is 0.346. The number of carbonyl (C=O) groups excluding carboxylic acids is 1. The molecule has 0 spiro atoms. The Labute approximate surface area is 277 Å². The van der Waals surface area contributed by atoms with Gasteiger partial charge in [-0.3, -0.25) is 9.69 Å². The van der Waals surface area contributed by atoms with Gasteiger partial charge < -0.3 is 34.4 Å². The maximum absolute atomic E-state index is 14.9. The van der Waals surface area contributed by atoms with Gasteiger partial charge in [-0.25, -0.2) is 18.7 Å². The summed E-state index contributed by atoms with van der Waals surface area (Å²) in [6.45, 7) is 6.77. The molecule has 3 aliphatic heterocycles. The van der Waals surface area contributed by atoms with Crippen molar-refractivity contribution in [1.29, 1.82) is 5.26 Å². The van der Waals surface area contributed by atoms with Gasteiger partial charge in [-0.1, -0.05) is 0 Å². The topological polar surface area (TPSA) is 149 Å². The molecule has 13 nitrogen and oxygen atoms in total. The zero-order valence-corrected chi connectivity index (χ0v) is 27.0. The van der Waals surface area contributed by atoms with Crippen LogP contribution in [-0.2, 0) is 9.53 Å². The average molecular weight is 665 g/mol. The van der Waals surface area contributed by atoms with Gasteiger partial charge in [0, 0.05) is 50.4 Å². The molecular formula is C33H38F2N8O5. The van der Waals surface area contributed by atoms with Crippen LogP contribution in [0.5, 0.6) is 11.6 Å². The molecule has 0 bridgehead atoms. The van der Waals surface area contributed by atoms with E-state index in [1.807, 2.05) is 18.2 Å². The van der Waals surface area contributed by atoms with Crippen LogP contribution in [-0.4, -0.2) is 119 Å². The summed E-state index contributed by atoms with van der Waals surface area (Å²) in [5, 5.41) is 22.5. The summed E-state index contributed by atoms with van der Waals surface area (Å²) >= 11 is 0. The molecule has 1 amide bonds. The van der Waals surface area contributed by atoms with Gasteiger partial charge in [0.15, 0.2) is 6.10 Å². The number of halogens is 2. The van der Waals surface area contributed by atoms with Crippen LogP contribution in [0.2, 0.25) is 0 Å².